The predicted octanol–water partition coefficient (Wildman–Crippen LogP) is 0.884. The molecule has 7 heteroatoms. The Kier molecular flexibility index (Phi) is 5.66. The summed E-state index contributed by atoms with van der Waals surface area (Å²) in [5.74, 6) is 1.24. The molecule has 1 aromatic rings. The average molecular weight is 361 g/mol. The number of carbonyl (C=O) groups excluding carboxylic acids is 2. The van der Waals surface area contributed by atoms with Crippen LogP contribution in [0.3, 0.4) is 0 Å². The average Bonchev–Trinajstić information content (AvgIpc) is 2.60. The Morgan fingerprint density at radius 3 is 2.35 bits per heavy atom. The molecule has 3 rings (SSSR count). The van der Waals surface area contributed by atoms with Crippen LogP contribution in [0, 0.1) is 0 Å². The van der Waals surface area contributed by atoms with Crippen LogP contribution in [0.2, 0.25) is 0 Å². The van der Waals surface area contributed by atoms with Crippen molar-refractivity contribution in [1.82, 2.24) is 15.1 Å². The second-order valence-corrected chi connectivity index (χ2v) is 7.13. The first kappa shape index (κ1) is 18.5. The molecule has 0 saturated carbocycles. The lowest BCUT2D eigenvalue weighted by atomic mass is 10.1. The number of hydrogen-bond acceptors (Lipinski definition) is 5. The maximum atomic E-state index is 12.9. The Morgan fingerprint density at radius 1 is 1.12 bits per heavy atom. The summed E-state index contributed by atoms with van der Waals surface area (Å²) in [6.07, 6.45) is -0.979. The van der Waals surface area contributed by atoms with Crippen LogP contribution in [-0.4, -0.2) is 72.6 Å². The van der Waals surface area contributed by atoms with E-state index in [1.54, 1.807) is 4.90 Å². The van der Waals surface area contributed by atoms with Crippen LogP contribution in [0.1, 0.15) is 20.8 Å². The van der Waals surface area contributed by atoms with Crippen molar-refractivity contribution in [3.8, 4) is 11.5 Å². The zero-order valence-corrected chi connectivity index (χ0v) is 15.6. The van der Waals surface area contributed by atoms with Crippen molar-refractivity contribution in [3.05, 3.63) is 24.3 Å². The monoisotopic (exact) mass is 361 g/mol. The number of nitrogens with one attached hydrogen (secondary N) is 1. The third kappa shape index (κ3) is 4.27. The molecular formula is C19H27N3O4. The fourth-order valence-electron chi connectivity index (χ4n) is 3.27. The van der Waals surface area contributed by atoms with Gasteiger partial charge in [-0.1, -0.05) is 12.1 Å². The Balaban J connectivity index is 1.53. The molecule has 1 fully saturated rings. The van der Waals surface area contributed by atoms with Crippen molar-refractivity contribution < 1.29 is 19.1 Å². The van der Waals surface area contributed by atoms with Gasteiger partial charge in [0.1, 0.15) is 6.10 Å². The molecule has 1 aromatic carbocycles. The molecule has 7 nitrogen and oxygen atoms in total. The molecule has 0 bridgehead atoms. The highest BCUT2D eigenvalue weighted by molar-refractivity contribution is 5.82. The van der Waals surface area contributed by atoms with Gasteiger partial charge < -0.3 is 19.7 Å². The highest BCUT2D eigenvalue weighted by Crippen LogP contribution is 2.33. The van der Waals surface area contributed by atoms with Crippen LogP contribution in [0.4, 0.5) is 0 Å². The fraction of sp³-hybridized carbons (Fsp3) is 0.579. The van der Waals surface area contributed by atoms with Crippen LogP contribution >= 0.6 is 0 Å². The zero-order valence-electron chi connectivity index (χ0n) is 15.6. The number of nitrogens with zero attached hydrogens (tertiary/aromatic N) is 2. The Labute approximate surface area is 154 Å². The topological polar surface area (TPSA) is 71.1 Å². The lowest BCUT2D eigenvalue weighted by Crippen LogP contribution is -2.57. The Bertz CT molecular complexity index is 656. The predicted molar refractivity (Wildman–Crippen MR) is 97.2 cm³/mol. The van der Waals surface area contributed by atoms with Crippen LogP contribution in [-0.2, 0) is 9.59 Å². The van der Waals surface area contributed by atoms with Crippen LogP contribution in [0.5, 0.6) is 11.5 Å². The summed E-state index contributed by atoms with van der Waals surface area (Å²) in [5, 5.41) is 2.89. The summed E-state index contributed by atoms with van der Waals surface area (Å²) in [6, 6.07) is 7.53. The lowest BCUT2D eigenvalue weighted by molar-refractivity contribution is -0.146. The van der Waals surface area contributed by atoms with E-state index < -0.39 is 6.10 Å². The molecule has 142 valence electrons. The third-order valence-corrected chi connectivity index (χ3v) is 4.59. The molecule has 0 spiro atoms. The number of fused-ring (bicyclic) bond motifs is 1. The van der Waals surface area contributed by atoms with Gasteiger partial charge in [0.25, 0.3) is 5.91 Å². The molecule has 0 radical (unpaired) electrons. The van der Waals surface area contributed by atoms with Crippen molar-refractivity contribution in [1.29, 1.82) is 0 Å². The molecule has 1 N–H and O–H groups in total. The van der Waals surface area contributed by atoms with Gasteiger partial charge in [0.05, 0.1) is 6.54 Å². The molecule has 2 atom stereocenters. The maximum Gasteiger partial charge on any atom is 0.267 e. The van der Waals surface area contributed by atoms with Gasteiger partial charge >= 0.3 is 0 Å². The van der Waals surface area contributed by atoms with Gasteiger partial charge in [0, 0.05) is 32.2 Å². The maximum absolute atomic E-state index is 12.9. The van der Waals surface area contributed by atoms with Gasteiger partial charge in [0.15, 0.2) is 11.5 Å². The van der Waals surface area contributed by atoms with E-state index in [0.29, 0.717) is 44.2 Å². The van der Waals surface area contributed by atoms with Crippen molar-refractivity contribution in [3.63, 3.8) is 0 Å². The molecule has 2 aliphatic rings. The summed E-state index contributed by atoms with van der Waals surface area (Å²) in [7, 11) is 0. The van der Waals surface area contributed by atoms with Gasteiger partial charge in [-0.15, -0.1) is 0 Å². The smallest absolute Gasteiger partial charge is 0.267 e. The molecular weight excluding hydrogens is 334 g/mol. The number of piperazine rings is 1. The van der Waals surface area contributed by atoms with Crippen LogP contribution in [0.15, 0.2) is 24.3 Å². The van der Waals surface area contributed by atoms with E-state index in [1.807, 2.05) is 45.0 Å². The molecule has 2 aliphatic heterocycles. The fourth-order valence-corrected chi connectivity index (χ4v) is 3.27. The van der Waals surface area contributed by atoms with Crippen molar-refractivity contribution in [2.45, 2.75) is 39.0 Å². The molecule has 2 unspecified atom stereocenters. The van der Waals surface area contributed by atoms with Gasteiger partial charge in [-0.05, 0) is 32.9 Å². The molecule has 0 aliphatic carbocycles. The largest absolute Gasteiger partial charge is 0.482 e. The normalized spacial score (nSPS) is 23.0. The number of hydrogen-bond donors (Lipinski definition) is 1. The van der Waals surface area contributed by atoms with E-state index in [9.17, 15) is 9.59 Å². The van der Waals surface area contributed by atoms with Gasteiger partial charge in [-0.25, -0.2) is 0 Å². The highest BCUT2D eigenvalue weighted by atomic mass is 16.6. The third-order valence-electron chi connectivity index (χ3n) is 4.59. The van der Waals surface area contributed by atoms with Gasteiger partial charge in [0.2, 0.25) is 12.0 Å². The summed E-state index contributed by atoms with van der Waals surface area (Å²) in [5.41, 5.74) is 0. The summed E-state index contributed by atoms with van der Waals surface area (Å²) >= 11 is 0. The quantitative estimate of drug-likeness (QED) is 0.862. The van der Waals surface area contributed by atoms with Crippen molar-refractivity contribution in [2.24, 2.45) is 0 Å². The van der Waals surface area contributed by atoms with E-state index in [2.05, 4.69) is 10.2 Å². The number of carbonyl (C=O) groups is 2. The van der Waals surface area contributed by atoms with Gasteiger partial charge in [-0.2, -0.15) is 0 Å². The van der Waals surface area contributed by atoms with Crippen molar-refractivity contribution >= 4 is 11.8 Å². The van der Waals surface area contributed by atoms with Crippen LogP contribution in [0.25, 0.3) is 0 Å². The van der Waals surface area contributed by atoms with E-state index in [1.165, 1.54) is 0 Å². The molecule has 26 heavy (non-hydrogen) atoms. The lowest BCUT2D eigenvalue weighted by Gasteiger charge is -2.38. The number of amides is 2. The second kappa shape index (κ2) is 7.95. The summed E-state index contributed by atoms with van der Waals surface area (Å²) in [6.45, 7) is 8.63. The van der Waals surface area contributed by atoms with E-state index in [4.69, 9.17) is 9.47 Å². The Morgan fingerprint density at radius 2 is 1.73 bits per heavy atom. The zero-order chi connectivity index (χ0) is 18.7. The molecule has 1 saturated heterocycles. The SMILES string of the molecule is CC(C)NC(=O)CN1CCN(C(=O)C2Oc3ccccc3OC2C)CC1. The minimum absolute atomic E-state index is 0.0222. The van der Waals surface area contributed by atoms with E-state index >= 15 is 0 Å². The van der Waals surface area contributed by atoms with E-state index in [0.717, 1.165) is 0 Å². The number of para-hydroxylation sites is 2. The Hall–Kier alpha value is -2.28. The molecule has 2 amide bonds. The number of rotatable bonds is 4. The number of benzene rings is 1. The standard InChI is InChI=1S/C19H27N3O4/c1-13(2)20-17(23)12-21-8-10-22(11-9-21)19(24)18-14(3)25-15-6-4-5-7-16(15)26-18/h4-7,13-14,18H,8-12H2,1-3H3,(H,20,23). The first-order valence-electron chi connectivity index (χ1n) is 9.17. The highest BCUT2D eigenvalue weighted by Gasteiger charge is 2.37. The molecule has 0 aromatic heterocycles. The van der Waals surface area contributed by atoms with E-state index in [-0.39, 0.29) is 24.0 Å². The van der Waals surface area contributed by atoms with Gasteiger partial charge in [-0.3, -0.25) is 14.5 Å². The first-order chi connectivity index (χ1) is 12.4. The molecule has 2 heterocycles. The minimum atomic E-state index is -0.638. The van der Waals surface area contributed by atoms with Crippen LogP contribution < -0.4 is 14.8 Å². The summed E-state index contributed by atoms with van der Waals surface area (Å²) in [4.78, 5) is 28.6. The number of ether oxygens (including phenoxy) is 2. The summed E-state index contributed by atoms with van der Waals surface area (Å²) < 4.78 is 11.7. The van der Waals surface area contributed by atoms with Crippen molar-refractivity contribution in [2.75, 3.05) is 32.7 Å². The second-order valence-electron chi connectivity index (χ2n) is 7.13. The minimum Gasteiger partial charge on any atom is -0.482 e. The first-order valence-corrected chi connectivity index (χ1v) is 9.17.